The third-order valence-electron chi connectivity index (χ3n) is 2.26. The molecule has 0 heterocycles. The van der Waals surface area contributed by atoms with Crippen LogP contribution in [-0.4, -0.2) is 28.1 Å². The lowest BCUT2D eigenvalue weighted by Crippen LogP contribution is -2.28. The van der Waals surface area contributed by atoms with Crippen molar-refractivity contribution < 1.29 is 17.2 Å². The molecule has 2 N–H and O–H groups in total. The molecule has 0 aromatic heterocycles. The zero-order valence-electron chi connectivity index (χ0n) is 10.0. The predicted molar refractivity (Wildman–Crippen MR) is 64.7 cm³/mol. The smallest absolute Gasteiger partial charge is 0.246 e. The molecule has 0 aliphatic rings. The summed E-state index contributed by atoms with van der Waals surface area (Å²) in [7, 11) is -4.14. The van der Waals surface area contributed by atoms with Gasteiger partial charge in [-0.05, 0) is 31.6 Å². The van der Waals surface area contributed by atoms with Crippen molar-refractivity contribution in [3.8, 4) is 0 Å². The van der Waals surface area contributed by atoms with Crippen LogP contribution in [0.2, 0.25) is 0 Å². The Hall–Kier alpha value is -1.05. The Labute approximate surface area is 105 Å². The van der Waals surface area contributed by atoms with E-state index in [0.29, 0.717) is 13.0 Å². The number of benzene rings is 1. The van der Waals surface area contributed by atoms with Crippen molar-refractivity contribution in [3.63, 3.8) is 0 Å². The highest BCUT2D eigenvalue weighted by Gasteiger charge is 2.22. The fraction of sp³-hybridized carbons (Fsp3) is 0.455. The quantitative estimate of drug-likeness (QED) is 0.738. The first kappa shape index (κ1) is 15.0. The second kappa shape index (κ2) is 6.77. The van der Waals surface area contributed by atoms with E-state index < -0.39 is 26.6 Å². The van der Waals surface area contributed by atoms with Crippen molar-refractivity contribution in [3.05, 3.63) is 29.8 Å². The summed E-state index contributed by atoms with van der Waals surface area (Å²) in [4.78, 5) is -0.923. The molecule has 0 unspecified atom stereocenters. The van der Waals surface area contributed by atoms with Gasteiger partial charge in [-0.2, -0.15) is 0 Å². The van der Waals surface area contributed by atoms with Crippen LogP contribution in [0.15, 0.2) is 23.1 Å². The fourth-order valence-electron chi connectivity index (χ4n) is 1.41. The molecule has 102 valence electrons. The van der Waals surface area contributed by atoms with Crippen LogP contribution in [0.5, 0.6) is 0 Å². The van der Waals surface area contributed by atoms with Gasteiger partial charge in [-0.15, -0.1) is 0 Å². The van der Waals surface area contributed by atoms with Crippen molar-refractivity contribution in [1.82, 2.24) is 10.0 Å². The zero-order valence-corrected chi connectivity index (χ0v) is 10.9. The number of hydrogen-bond acceptors (Lipinski definition) is 3. The summed E-state index contributed by atoms with van der Waals surface area (Å²) in [5, 5.41) is 3.01. The molecule has 4 nitrogen and oxygen atoms in total. The van der Waals surface area contributed by atoms with Gasteiger partial charge in [0.2, 0.25) is 10.0 Å². The van der Waals surface area contributed by atoms with Crippen molar-refractivity contribution in [1.29, 1.82) is 0 Å². The molecule has 0 amide bonds. The van der Waals surface area contributed by atoms with Gasteiger partial charge in [0, 0.05) is 6.54 Å². The molecule has 0 aliphatic carbocycles. The minimum atomic E-state index is -4.14. The molecule has 1 rings (SSSR count). The number of hydrogen-bond donors (Lipinski definition) is 2. The SMILES string of the molecule is CCNCCCNS(=O)(=O)c1c(F)cccc1F. The van der Waals surface area contributed by atoms with E-state index >= 15 is 0 Å². The fourth-order valence-corrected chi connectivity index (χ4v) is 2.62. The molecule has 1 aromatic carbocycles. The van der Waals surface area contributed by atoms with E-state index in [1.165, 1.54) is 0 Å². The largest absolute Gasteiger partial charge is 0.317 e. The highest BCUT2D eigenvalue weighted by atomic mass is 32.2. The summed E-state index contributed by atoms with van der Waals surface area (Å²) in [6.07, 6.45) is 0.545. The van der Waals surface area contributed by atoms with Gasteiger partial charge in [0.15, 0.2) is 4.90 Å². The second-order valence-corrected chi connectivity index (χ2v) is 5.36. The standard InChI is InChI=1S/C11H16F2N2O2S/c1-2-14-7-4-8-15-18(16,17)11-9(12)5-3-6-10(11)13/h3,5-6,14-15H,2,4,7-8H2,1H3. The molecular weight excluding hydrogens is 262 g/mol. The number of halogens is 2. The van der Waals surface area contributed by atoms with Crippen molar-refractivity contribution in [2.24, 2.45) is 0 Å². The first-order valence-electron chi connectivity index (χ1n) is 5.63. The van der Waals surface area contributed by atoms with Crippen LogP contribution in [0.25, 0.3) is 0 Å². The summed E-state index contributed by atoms with van der Waals surface area (Å²) in [5.41, 5.74) is 0. The maximum absolute atomic E-state index is 13.3. The van der Waals surface area contributed by atoms with Gasteiger partial charge in [-0.1, -0.05) is 13.0 Å². The number of nitrogens with one attached hydrogen (secondary N) is 2. The summed E-state index contributed by atoms with van der Waals surface area (Å²) in [6.45, 7) is 3.48. The van der Waals surface area contributed by atoms with Gasteiger partial charge in [0.05, 0.1) is 0 Å². The van der Waals surface area contributed by atoms with Gasteiger partial charge >= 0.3 is 0 Å². The molecular formula is C11H16F2N2O2S. The monoisotopic (exact) mass is 278 g/mol. The zero-order chi connectivity index (χ0) is 13.6. The van der Waals surface area contributed by atoms with Crippen LogP contribution >= 0.6 is 0 Å². The average Bonchev–Trinajstić information content (AvgIpc) is 2.28. The summed E-state index contributed by atoms with van der Waals surface area (Å²) in [6, 6.07) is 2.95. The Balaban J connectivity index is 2.69. The lowest BCUT2D eigenvalue weighted by molar-refractivity contribution is 0.513. The van der Waals surface area contributed by atoms with E-state index in [1.54, 1.807) is 0 Å². The minimum Gasteiger partial charge on any atom is -0.317 e. The lowest BCUT2D eigenvalue weighted by Gasteiger charge is -2.08. The first-order valence-corrected chi connectivity index (χ1v) is 7.11. The van der Waals surface area contributed by atoms with Crippen molar-refractivity contribution in [2.45, 2.75) is 18.2 Å². The molecule has 0 radical (unpaired) electrons. The Morgan fingerprint density at radius 3 is 2.33 bits per heavy atom. The van der Waals surface area contributed by atoms with E-state index in [4.69, 9.17) is 0 Å². The topological polar surface area (TPSA) is 58.2 Å². The molecule has 0 saturated carbocycles. The maximum atomic E-state index is 13.3. The molecule has 7 heteroatoms. The second-order valence-electron chi connectivity index (χ2n) is 3.66. The van der Waals surface area contributed by atoms with Gasteiger partial charge in [-0.3, -0.25) is 0 Å². The number of sulfonamides is 1. The van der Waals surface area contributed by atoms with Crippen molar-refractivity contribution >= 4 is 10.0 Å². The molecule has 0 spiro atoms. The van der Waals surface area contributed by atoms with E-state index in [-0.39, 0.29) is 6.54 Å². The Morgan fingerprint density at radius 1 is 1.17 bits per heavy atom. The summed E-state index contributed by atoms with van der Waals surface area (Å²) in [5.74, 6) is -2.18. The van der Waals surface area contributed by atoms with E-state index in [0.717, 1.165) is 24.7 Å². The maximum Gasteiger partial charge on any atom is 0.246 e. The third kappa shape index (κ3) is 4.01. The summed E-state index contributed by atoms with van der Waals surface area (Å²) < 4.78 is 52.2. The van der Waals surface area contributed by atoms with Gasteiger partial charge in [-0.25, -0.2) is 21.9 Å². The highest BCUT2D eigenvalue weighted by molar-refractivity contribution is 7.89. The van der Waals surface area contributed by atoms with E-state index in [9.17, 15) is 17.2 Å². The predicted octanol–water partition coefficient (Wildman–Crippen LogP) is 1.24. The Morgan fingerprint density at radius 2 is 1.78 bits per heavy atom. The normalized spacial score (nSPS) is 11.7. The molecule has 18 heavy (non-hydrogen) atoms. The molecule has 0 saturated heterocycles. The van der Waals surface area contributed by atoms with Crippen LogP contribution < -0.4 is 10.0 Å². The molecule has 0 aliphatic heterocycles. The van der Waals surface area contributed by atoms with Gasteiger partial charge in [0.25, 0.3) is 0 Å². The van der Waals surface area contributed by atoms with E-state index in [2.05, 4.69) is 10.0 Å². The summed E-state index contributed by atoms with van der Waals surface area (Å²) >= 11 is 0. The highest BCUT2D eigenvalue weighted by Crippen LogP contribution is 2.17. The Kier molecular flexibility index (Phi) is 5.64. The van der Waals surface area contributed by atoms with Crippen LogP contribution in [0.3, 0.4) is 0 Å². The molecule has 0 bridgehead atoms. The molecule has 1 aromatic rings. The van der Waals surface area contributed by atoms with Crippen LogP contribution in [0.4, 0.5) is 8.78 Å². The van der Waals surface area contributed by atoms with E-state index in [1.807, 2.05) is 6.92 Å². The molecule has 0 atom stereocenters. The minimum absolute atomic E-state index is 0.128. The number of rotatable bonds is 7. The van der Waals surface area contributed by atoms with Crippen molar-refractivity contribution in [2.75, 3.05) is 19.6 Å². The van der Waals surface area contributed by atoms with Gasteiger partial charge < -0.3 is 5.32 Å². The van der Waals surface area contributed by atoms with Crippen LogP contribution in [0, 0.1) is 11.6 Å². The molecule has 0 fully saturated rings. The Bertz CT molecular complexity index is 472. The van der Waals surface area contributed by atoms with Crippen LogP contribution in [-0.2, 0) is 10.0 Å². The van der Waals surface area contributed by atoms with Crippen LogP contribution in [0.1, 0.15) is 13.3 Å². The lowest BCUT2D eigenvalue weighted by atomic mass is 10.3. The average molecular weight is 278 g/mol. The first-order chi connectivity index (χ1) is 8.49. The third-order valence-corrected chi connectivity index (χ3v) is 3.77. The van der Waals surface area contributed by atoms with Gasteiger partial charge in [0.1, 0.15) is 11.6 Å².